The fourth-order valence-electron chi connectivity index (χ4n) is 2.82. The van der Waals surface area contributed by atoms with Crippen LogP contribution in [-0.2, 0) is 4.79 Å². The highest BCUT2D eigenvalue weighted by atomic mass is 35.5. The van der Waals surface area contributed by atoms with Gasteiger partial charge in [-0.05, 0) is 48.4 Å². The Hall–Kier alpha value is -2.64. The molecule has 0 aliphatic rings. The maximum absolute atomic E-state index is 13.6. The highest BCUT2D eigenvalue weighted by Crippen LogP contribution is 2.38. The lowest BCUT2D eigenvalue weighted by Crippen LogP contribution is -2.30. The van der Waals surface area contributed by atoms with E-state index in [0.717, 1.165) is 6.08 Å². The van der Waals surface area contributed by atoms with Crippen molar-refractivity contribution in [1.82, 2.24) is 0 Å². The minimum atomic E-state index is -4.52. The molecule has 0 saturated carbocycles. The molecular formula is C22H21Cl2F3N3O+. The Labute approximate surface area is 188 Å². The molecule has 2 aromatic rings. The van der Waals surface area contributed by atoms with Gasteiger partial charge in [0.2, 0.25) is 5.78 Å². The molecule has 0 aromatic heterocycles. The third kappa shape index (κ3) is 6.94. The van der Waals surface area contributed by atoms with Gasteiger partial charge in [0.15, 0.2) is 6.34 Å². The first-order valence-corrected chi connectivity index (χ1v) is 10.0. The van der Waals surface area contributed by atoms with Gasteiger partial charge in [-0.25, -0.2) is 4.58 Å². The average Bonchev–Trinajstić information content (AvgIpc) is 2.67. The maximum Gasteiger partial charge on any atom is 0.399 e. The largest absolute Gasteiger partial charge is 0.399 e. The maximum atomic E-state index is 13.6. The Balaban J connectivity index is 2.33. The SMILES string of the molecule is CC[N+](=CN)C(=Nc1ccc(C=CC(c2cc(Cl)cc(Cl)c2)C(F)(F)F)cc1)C(C)=O. The van der Waals surface area contributed by atoms with Crippen LogP contribution in [0.3, 0.4) is 0 Å². The standard InChI is InChI=1S/C22H20Cl2F3N3O/c1-3-30(13-28)21(14(2)31)29-19-7-4-15(5-8-19)6-9-20(22(25,26)27)16-10-17(23)12-18(24)11-16/h4-13,20,28H,3H2,1-2H3/p+1. The third-order valence-electron chi connectivity index (χ3n) is 4.31. The predicted octanol–water partition coefficient (Wildman–Crippen LogP) is 5.99. The van der Waals surface area contributed by atoms with Crippen LogP contribution in [0.25, 0.3) is 6.08 Å². The fraction of sp³-hybridized carbons (Fsp3) is 0.227. The summed E-state index contributed by atoms with van der Waals surface area (Å²) >= 11 is 11.7. The number of alkyl halides is 3. The molecule has 2 aromatic carbocycles. The topological polar surface area (TPSA) is 58.5 Å². The molecule has 164 valence electrons. The minimum Gasteiger partial charge on any atom is -0.325 e. The second kappa shape index (κ2) is 10.6. The van der Waals surface area contributed by atoms with Crippen LogP contribution < -0.4 is 5.73 Å². The van der Waals surface area contributed by atoms with Gasteiger partial charge in [0.25, 0.3) is 0 Å². The van der Waals surface area contributed by atoms with Crippen molar-refractivity contribution < 1.29 is 22.5 Å². The van der Waals surface area contributed by atoms with Gasteiger partial charge in [0.05, 0.1) is 12.5 Å². The number of amidine groups is 1. The predicted molar refractivity (Wildman–Crippen MR) is 120 cm³/mol. The number of likely N-dealkylation sites (N-methyl/N-ethyl adjacent to an activating group) is 1. The number of carbonyl (C=O) groups excluding carboxylic acids is 1. The van der Waals surface area contributed by atoms with Crippen LogP contribution in [0.15, 0.2) is 53.5 Å². The van der Waals surface area contributed by atoms with Crippen molar-refractivity contribution in [3.05, 3.63) is 69.7 Å². The van der Waals surface area contributed by atoms with Crippen LogP contribution in [-0.4, -0.2) is 35.3 Å². The summed E-state index contributed by atoms with van der Waals surface area (Å²) < 4.78 is 42.3. The summed E-state index contributed by atoms with van der Waals surface area (Å²) in [5.74, 6) is -1.96. The van der Waals surface area contributed by atoms with Crippen molar-refractivity contribution in [2.45, 2.75) is 25.9 Å². The number of nitrogens with zero attached hydrogens (tertiary/aromatic N) is 2. The number of halogens is 5. The molecule has 0 radical (unpaired) electrons. The molecule has 1 unspecified atom stereocenters. The smallest absolute Gasteiger partial charge is 0.325 e. The summed E-state index contributed by atoms with van der Waals surface area (Å²) in [6.45, 7) is 3.66. The molecule has 2 N–H and O–H groups in total. The Morgan fingerprint density at radius 3 is 2.19 bits per heavy atom. The third-order valence-corrected chi connectivity index (χ3v) is 4.75. The van der Waals surface area contributed by atoms with Gasteiger partial charge in [-0.1, -0.05) is 47.5 Å². The van der Waals surface area contributed by atoms with E-state index in [-0.39, 0.29) is 27.2 Å². The first-order chi connectivity index (χ1) is 14.5. The molecule has 9 heteroatoms. The highest BCUT2D eigenvalue weighted by molar-refractivity contribution is 6.35. The zero-order valence-corrected chi connectivity index (χ0v) is 18.3. The monoisotopic (exact) mass is 470 g/mol. The van der Waals surface area contributed by atoms with Crippen molar-refractivity contribution in [2.24, 2.45) is 10.7 Å². The molecule has 4 nitrogen and oxygen atoms in total. The van der Waals surface area contributed by atoms with Crippen LogP contribution in [0.5, 0.6) is 0 Å². The molecule has 0 heterocycles. The summed E-state index contributed by atoms with van der Waals surface area (Å²) in [5, 5.41) is 0.258. The summed E-state index contributed by atoms with van der Waals surface area (Å²) in [5.41, 5.74) is 6.47. The average molecular weight is 471 g/mol. The molecule has 1 atom stereocenters. The van der Waals surface area contributed by atoms with Gasteiger partial charge in [-0.3, -0.25) is 4.79 Å². The Morgan fingerprint density at radius 1 is 1.16 bits per heavy atom. The Kier molecular flexibility index (Phi) is 8.42. The first kappa shape index (κ1) is 24.6. The van der Waals surface area contributed by atoms with Crippen molar-refractivity contribution in [3.63, 3.8) is 0 Å². The molecule has 31 heavy (non-hydrogen) atoms. The van der Waals surface area contributed by atoms with E-state index in [1.807, 2.05) is 6.92 Å². The number of carbonyl (C=O) groups is 1. The Bertz CT molecular complexity index is 1010. The van der Waals surface area contributed by atoms with E-state index in [9.17, 15) is 18.0 Å². The van der Waals surface area contributed by atoms with Gasteiger partial charge in [0, 0.05) is 17.0 Å². The van der Waals surface area contributed by atoms with Crippen molar-refractivity contribution >= 4 is 52.9 Å². The summed E-state index contributed by atoms with van der Waals surface area (Å²) in [6.07, 6.45) is -0.855. The molecule has 0 amide bonds. The number of benzene rings is 2. The number of nitrogens with two attached hydrogens (primary N) is 1. The molecule has 0 spiro atoms. The number of Topliss-reactive ketones (excluding diaryl/α,β-unsaturated/α-hetero) is 1. The quantitative estimate of drug-likeness (QED) is 0.320. The fourth-order valence-corrected chi connectivity index (χ4v) is 3.37. The van der Waals surface area contributed by atoms with Gasteiger partial charge in [-0.15, -0.1) is 4.99 Å². The van der Waals surface area contributed by atoms with E-state index >= 15 is 0 Å². The highest BCUT2D eigenvalue weighted by Gasteiger charge is 2.39. The second-order valence-corrected chi connectivity index (χ2v) is 7.47. The van der Waals surface area contributed by atoms with Gasteiger partial charge < -0.3 is 5.73 Å². The van der Waals surface area contributed by atoms with Crippen molar-refractivity contribution in [1.29, 1.82) is 0 Å². The van der Waals surface area contributed by atoms with E-state index in [2.05, 4.69) is 4.99 Å². The van der Waals surface area contributed by atoms with Crippen molar-refractivity contribution in [3.8, 4) is 0 Å². The number of ketones is 1. The number of aliphatic imine (C=N–C) groups is 1. The van der Waals surface area contributed by atoms with Crippen LogP contribution in [0, 0.1) is 0 Å². The zero-order chi connectivity index (χ0) is 23.2. The summed E-state index contributed by atoms with van der Waals surface area (Å²) in [6, 6.07) is 10.3. The first-order valence-electron chi connectivity index (χ1n) is 9.27. The van der Waals surface area contributed by atoms with E-state index in [1.165, 1.54) is 42.1 Å². The zero-order valence-electron chi connectivity index (χ0n) is 16.8. The number of rotatable bonds is 6. The van der Waals surface area contributed by atoms with E-state index in [1.54, 1.807) is 24.3 Å². The van der Waals surface area contributed by atoms with Crippen LogP contribution >= 0.6 is 23.2 Å². The molecule has 0 fully saturated rings. The van der Waals surface area contributed by atoms with E-state index in [4.69, 9.17) is 28.9 Å². The van der Waals surface area contributed by atoms with E-state index in [0.29, 0.717) is 17.8 Å². The minimum absolute atomic E-state index is 0.0498. The molecular weight excluding hydrogens is 450 g/mol. The van der Waals surface area contributed by atoms with Gasteiger partial charge >= 0.3 is 12.0 Å². The molecule has 0 bridgehead atoms. The van der Waals surface area contributed by atoms with Crippen molar-refractivity contribution in [2.75, 3.05) is 6.54 Å². The molecule has 2 rings (SSSR count). The van der Waals surface area contributed by atoms with Crippen LogP contribution in [0.4, 0.5) is 18.9 Å². The summed E-state index contributed by atoms with van der Waals surface area (Å²) in [4.78, 5) is 16.1. The molecule has 0 saturated heterocycles. The van der Waals surface area contributed by atoms with Crippen LogP contribution in [0.1, 0.15) is 30.9 Å². The van der Waals surface area contributed by atoms with Gasteiger partial charge in [0.1, 0.15) is 5.69 Å². The second-order valence-electron chi connectivity index (χ2n) is 6.60. The molecule has 0 aliphatic heterocycles. The number of allylic oxidation sites excluding steroid dienone is 1. The number of hydrogen-bond donors (Lipinski definition) is 1. The van der Waals surface area contributed by atoms with E-state index < -0.39 is 12.1 Å². The summed E-state index contributed by atoms with van der Waals surface area (Å²) in [7, 11) is 0. The number of hydrogen-bond acceptors (Lipinski definition) is 2. The van der Waals surface area contributed by atoms with Crippen LogP contribution in [0.2, 0.25) is 10.0 Å². The Morgan fingerprint density at radius 2 is 1.74 bits per heavy atom. The normalized spacial score (nSPS) is 14.2. The lowest BCUT2D eigenvalue weighted by atomic mass is 9.97. The lowest BCUT2D eigenvalue weighted by Gasteiger charge is -2.18. The lowest BCUT2D eigenvalue weighted by molar-refractivity contribution is -0.397. The van der Waals surface area contributed by atoms with Gasteiger partial charge in [-0.2, -0.15) is 13.2 Å². The molecule has 0 aliphatic carbocycles.